The summed E-state index contributed by atoms with van der Waals surface area (Å²) >= 11 is 0. The van der Waals surface area contributed by atoms with Crippen LogP contribution in [0.2, 0.25) is 0 Å². The SMILES string of the molecule is Cc1cccc(CC(CNC(=O)c2ccc3c(c2)nc(C)n3C)C(=O)O)c1. The lowest BCUT2D eigenvalue weighted by atomic mass is 9.98. The third-order valence-corrected chi connectivity index (χ3v) is 4.79. The number of hydrogen-bond acceptors (Lipinski definition) is 3. The smallest absolute Gasteiger partial charge is 0.308 e. The number of carboxylic acids is 1. The van der Waals surface area contributed by atoms with Gasteiger partial charge in [-0.2, -0.15) is 0 Å². The number of carbonyl (C=O) groups is 2. The molecule has 1 atom stereocenters. The van der Waals surface area contributed by atoms with Crippen LogP contribution >= 0.6 is 0 Å². The number of fused-ring (bicyclic) bond motifs is 1. The van der Waals surface area contributed by atoms with Gasteiger partial charge in [-0.05, 0) is 44.0 Å². The van der Waals surface area contributed by atoms with Crippen LogP contribution in [0.15, 0.2) is 42.5 Å². The molecular formula is C21H23N3O3. The van der Waals surface area contributed by atoms with Crippen molar-refractivity contribution in [2.24, 2.45) is 13.0 Å². The molecule has 0 fully saturated rings. The van der Waals surface area contributed by atoms with Crippen LogP contribution in [0.4, 0.5) is 0 Å². The van der Waals surface area contributed by atoms with Gasteiger partial charge in [0.2, 0.25) is 0 Å². The predicted molar refractivity (Wildman–Crippen MR) is 104 cm³/mol. The molecule has 0 aliphatic heterocycles. The van der Waals surface area contributed by atoms with Crippen molar-refractivity contribution in [2.45, 2.75) is 20.3 Å². The molecule has 0 saturated heterocycles. The van der Waals surface area contributed by atoms with E-state index in [9.17, 15) is 14.7 Å². The summed E-state index contributed by atoms with van der Waals surface area (Å²) in [5.74, 6) is -1.04. The lowest BCUT2D eigenvalue weighted by Gasteiger charge is -2.14. The zero-order valence-electron chi connectivity index (χ0n) is 15.7. The number of carboxylic acid groups (broad SMARTS) is 1. The molecule has 6 nitrogen and oxygen atoms in total. The van der Waals surface area contributed by atoms with Crippen molar-refractivity contribution < 1.29 is 14.7 Å². The number of aliphatic carboxylic acids is 1. The molecule has 0 spiro atoms. The monoisotopic (exact) mass is 365 g/mol. The lowest BCUT2D eigenvalue weighted by Crippen LogP contribution is -2.34. The minimum absolute atomic E-state index is 0.0708. The lowest BCUT2D eigenvalue weighted by molar-refractivity contribution is -0.141. The normalized spacial score (nSPS) is 12.1. The highest BCUT2D eigenvalue weighted by Crippen LogP contribution is 2.17. The summed E-state index contributed by atoms with van der Waals surface area (Å²) in [4.78, 5) is 28.5. The van der Waals surface area contributed by atoms with Gasteiger partial charge in [-0.25, -0.2) is 4.98 Å². The van der Waals surface area contributed by atoms with E-state index in [0.29, 0.717) is 12.0 Å². The van der Waals surface area contributed by atoms with Crippen molar-refractivity contribution in [3.05, 3.63) is 65.0 Å². The molecule has 0 aliphatic carbocycles. The molecule has 2 aromatic carbocycles. The number of nitrogens with one attached hydrogen (secondary N) is 1. The highest BCUT2D eigenvalue weighted by Gasteiger charge is 2.20. The first kappa shape index (κ1) is 18.6. The zero-order valence-corrected chi connectivity index (χ0v) is 15.7. The fraction of sp³-hybridized carbons (Fsp3) is 0.286. The number of carbonyl (C=O) groups excluding carboxylic acids is 1. The van der Waals surface area contributed by atoms with Crippen molar-refractivity contribution in [1.82, 2.24) is 14.9 Å². The van der Waals surface area contributed by atoms with E-state index in [2.05, 4.69) is 10.3 Å². The Hall–Kier alpha value is -3.15. The van der Waals surface area contributed by atoms with E-state index in [1.54, 1.807) is 12.1 Å². The second-order valence-electron chi connectivity index (χ2n) is 6.86. The Kier molecular flexibility index (Phi) is 5.26. The fourth-order valence-corrected chi connectivity index (χ4v) is 3.15. The van der Waals surface area contributed by atoms with Gasteiger partial charge in [-0.15, -0.1) is 0 Å². The highest BCUT2D eigenvalue weighted by molar-refractivity contribution is 5.97. The maximum atomic E-state index is 12.5. The van der Waals surface area contributed by atoms with E-state index in [4.69, 9.17) is 0 Å². The quantitative estimate of drug-likeness (QED) is 0.703. The summed E-state index contributed by atoms with van der Waals surface area (Å²) in [7, 11) is 1.92. The summed E-state index contributed by atoms with van der Waals surface area (Å²) in [5, 5.41) is 12.2. The van der Waals surface area contributed by atoms with Gasteiger partial charge in [-0.3, -0.25) is 9.59 Å². The number of hydrogen-bond donors (Lipinski definition) is 2. The third-order valence-electron chi connectivity index (χ3n) is 4.79. The standard InChI is InChI=1S/C21H23N3O3/c1-13-5-4-6-15(9-13)10-17(21(26)27)12-22-20(25)16-7-8-19-18(11-16)23-14(2)24(19)3/h4-9,11,17H,10,12H2,1-3H3,(H,22,25)(H,26,27). The van der Waals surface area contributed by atoms with Gasteiger partial charge in [0, 0.05) is 19.2 Å². The second-order valence-corrected chi connectivity index (χ2v) is 6.86. The van der Waals surface area contributed by atoms with Gasteiger partial charge >= 0.3 is 5.97 Å². The fourth-order valence-electron chi connectivity index (χ4n) is 3.15. The largest absolute Gasteiger partial charge is 0.481 e. The topological polar surface area (TPSA) is 84.2 Å². The zero-order chi connectivity index (χ0) is 19.6. The molecule has 0 aliphatic rings. The molecule has 1 aromatic heterocycles. The maximum absolute atomic E-state index is 12.5. The predicted octanol–water partition coefficient (Wildman–Crippen LogP) is 2.86. The number of benzene rings is 2. The molecular weight excluding hydrogens is 342 g/mol. The van der Waals surface area contributed by atoms with Gasteiger partial charge in [-0.1, -0.05) is 29.8 Å². The Morgan fingerprint density at radius 3 is 2.67 bits per heavy atom. The summed E-state index contributed by atoms with van der Waals surface area (Å²) in [5.41, 5.74) is 4.20. The Labute approximate surface area is 157 Å². The molecule has 1 unspecified atom stereocenters. The average molecular weight is 365 g/mol. The molecule has 0 bridgehead atoms. The van der Waals surface area contributed by atoms with Crippen molar-refractivity contribution in [2.75, 3.05) is 6.54 Å². The first-order valence-corrected chi connectivity index (χ1v) is 8.85. The minimum atomic E-state index is -0.924. The van der Waals surface area contributed by atoms with Gasteiger partial charge in [0.05, 0.1) is 17.0 Å². The number of aryl methyl sites for hydroxylation is 3. The van der Waals surface area contributed by atoms with E-state index < -0.39 is 11.9 Å². The van der Waals surface area contributed by atoms with Crippen LogP contribution < -0.4 is 5.32 Å². The van der Waals surface area contributed by atoms with Crippen LogP contribution in [-0.2, 0) is 18.3 Å². The van der Waals surface area contributed by atoms with Crippen LogP contribution in [-0.4, -0.2) is 33.1 Å². The molecule has 0 radical (unpaired) electrons. The molecule has 140 valence electrons. The number of nitrogens with zero attached hydrogens (tertiary/aromatic N) is 2. The summed E-state index contributed by atoms with van der Waals surface area (Å²) in [6.45, 7) is 3.94. The number of amides is 1. The van der Waals surface area contributed by atoms with E-state index in [0.717, 1.165) is 28.0 Å². The molecule has 2 N–H and O–H groups in total. The van der Waals surface area contributed by atoms with Crippen molar-refractivity contribution in [3.8, 4) is 0 Å². The maximum Gasteiger partial charge on any atom is 0.308 e. The summed E-state index contributed by atoms with van der Waals surface area (Å²) in [6.07, 6.45) is 0.371. The van der Waals surface area contributed by atoms with Crippen LogP contribution in [0.25, 0.3) is 11.0 Å². The van der Waals surface area contributed by atoms with Gasteiger partial charge < -0.3 is 15.0 Å². The number of imidazole rings is 1. The Bertz CT molecular complexity index is 1010. The molecule has 6 heteroatoms. The minimum Gasteiger partial charge on any atom is -0.481 e. The van der Waals surface area contributed by atoms with E-state index in [1.807, 2.05) is 55.8 Å². The van der Waals surface area contributed by atoms with Crippen LogP contribution in [0.1, 0.15) is 27.3 Å². The number of rotatable bonds is 6. The van der Waals surface area contributed by atoms with E-state index >= 15 is 0 Å². The molecule has 3 rings (SSSR count). The van der Waals surface area contributed by atoms with Crippen LogP contribution in [0.5, 0.6) is 0 Å². The average Bonchev–Trinajstić information content (AvgIpc) is 2.91. The van der Waals surface area contributed by atoms with E-state index in [1.165, 1.54) is 0 Å². The van der Waals surface area contributed by atoms with Gasteiger partial charge in [0.1, 0.15) is 5.82 Å². The third kappa shape index (κ3) is 4.16. The van der Waals surface area contributed by atoms with Crippen molar-refractivity contribution >= 4 is 22.9 Å². The van der Waals surface area contributed by atoms with Gasteiger partial charge in [0.15, 0.2) is 0 Å². The van der Waals surface area contributed by atoms with Gasteiger partial charge in [0.25, 0.3) is 5.91 Å². The van der Waals surface area contributed by atoms with E-state index in [-0.39, 0.29) is 12.5 Å². The molecule has 3 aromatic rings. The highest BCUT2D eigenvalue weighted by atomic mass is 16.4. The Morgan fingerprint density at radius 1 is 1.19 bits per heavy atom. The van der Waals surface area contributed by atoms with Crippen molar-refractivity contribution in [1.29, 1.82) is 0 Å². The molecule has 1 amide bonds. The van der Waals surface area contributed by atoms with Crippen LogP contribution in [0, 0.1) is 19.8 Å². The second kappa shape index (κ2) is 7.61. The Balaban J connectivity index is 1.69. The molecule has 1 heterocycles. The summed E-state index contributed by atoms with van der Waals surface area (Å²) < 4.78 is 1.96. The summed E-state index contributed by atoms with van der Waals surface area (Å²) in [6, 6.07) is 13.1. The number of aromatic nitrogens is 2. The molecule has 0 saturated carbocycles. The Morgan fingerprint density at radius 2 is 1.96 bits per heavy atom. The van der Waals surface area contributed by atoms with Crippen molar-refractivity contribution in [3.63, 3.8) is 0 Å². The molecule has 27 heavy (non-hydrogen) atoms. The van der Waals surface area contributed by atoms with Crippen LogP contribution in [0.3, 0.4) is 0 Å². The first-order valence-electron chi connectivity index (χ1n) is 8.85. The first-order chi connectivity index (χ1) is 12.8.